The number of carbonyl (C=O) groups is 1. The number of H-pyrrole nitrogens is 1. The average Bonchev–Trinajstić information content (AvgIpc) is 2.89. The maximum absolute atomic E-state index is 12.3. The van der Waals surface area contributed by atoms with E-state index in [0.717, 1.165) is 37.0 Å². The standard InChI is InChI=1S/C16H24N4O/c1-3-8-20(4-2)9-7-18-16(21)14-11-19-15-6-5-12(17)10-13(14)15/h5-6,10-11,19H,3-4,7-9,17H2,1-2H3,(H,18,21). The van der Waals surface area contributed by atoms with Crippen molar-refractivity contribution < 1.29 is 4.79 Å². The van der Waals surface area contributed by atoms with Gasteiger partial charge in [0.1, 0.15) is 0 Å². The first-order valence-electron chi connectivity index (χ1n) is 7.52. The van der Waals surface area contributed by atoms with E-state index in [1.54, 1.807) is 6.20 Å². The molecule has 1 aromatic heterocycles. The van der Waals surface area contributed by atoms with Crippen LogP contribution in [0.3, 0.4) is 0 Å². The number of nitrogens with two attached hydrogens (primary N) is 1. The summed E-state index contributed by atoms with van der Waals surface area (Å²) in [5.74, 6) is -0.0561. The van der Waals surface area contributed by atoms with Crippen LogP contribution in [0.1, 0.15) is 30.6 Å². The molecule has 0 aliphatic rings. The third kappa shape index (κ3) is 3.76. The number of aromatic amines is 1. The number of carbonyl (C=O) groups excluding carboxylic acids is 1. The maximum atomic E-state index is 12.3. The number of aromatic nitrogens is 1. The highest BCUT2D eigenvalue weighted by Crippen LogP contribution is 2.20. The predicted molar refractivity (Wildman–Crippen MR) is 87.4 cm³/mol. The monoisotopic (exact) mass is 288 g/mol. The third-order valence-corrected chi connectivity index (χ3v) is 3.65. The lowest BCUT2D eigenvalue weighted by molar-refractivity contribution is 0.0950. The topological polar surface area (TPSA) is 74.2 Å². The van der Waals surface area contributed by atoms with E-state index in [-0.39, 0.29) is 5.91 Å². The van der Waals surface area contributed by atoms with Gasteiger partial charge in [0.25, 0.3) is 5.91 Å². The summed E-state index contributed by atoms with van der Waals surface area (Å²) in [4.78, 5) is 17.7. The van der Waals surface area contributed by atoms with E-state index in [1.165, 1.54) is 0 Å². The van der Waals surface area contributed by atoms with Crippen molar-refractivity contribution in [2.45, 2.75) is 20.3 Å². The molecule has 2 rings (SSSR count). The first-order valence-corrected chi connectivity index (χ1v) is 7.52. The zero-order valence-corrected chi connectivity index (χ0v) is 12.8. The Morgan fingerprint density at radius 2 is 2.14 bits per heavy atom. The van der Waals surface area contributed by atoms with Crippen LogP contribution >= 0.6 is 0 Å². The number of likely N-dealkylation sites (N-methyl/N-ethyl adjacent to an activating group) is 1. The number of hydrogen-bond acceptors (Lipinski definition) is 3. The number of fused-ring (bicyclic) bond motifs is 1. The van der Waals surface area contributed by atoms with Crippen molar-refractivity contribution in [1.82, 2.24) is 15.2 Å². The Bertz CT molecular complexity index is 605. The van der Waals surface area contributed by atoms with E-state index >= 15 is 0 Å². The van der Waals surface area contributed by atoms with Gasteiger partial charge < -0.3 is 20.9 Å². The third-order valence-electron chi connectivity index (χ3n) is 3.65. The van der Waals surface area contributed by atoms with E-state index in [2.05, 4.69) is 29.0 Å². The average molecular weight is 288 g/mol. The first-order chi connectivity index (χ1) is 10.2. The van der Waals surface area contributed by atoms with Crippen molar-refractivity contribution in [2.75, 3.05) is 31.9 Å². The number of rotatable bonds is 7. The van der Waals surface area contributed by atoms with Crippen molar-refractivity contribution in [3.05, 3.63) is 30.0 Å². The lowest BCUT2D eigenvalue weighted by Gasteiger charge is -2.19. The minimum atomic E-state index is -0.0561. The van der Waals surface area contributed by atoms with Gasteiger partial charge >= 0.3 is 0 Å². The summed E-state index contributed by atoms with van der Waals surface area (Å²) in [5.41, 5.74) is 8.03. The minimum Gasteiger partial charge on any atom is -0.399 e. The maximum Gasteiger partial charge on any atom is 0.253 e. The fraction of sp³-hybridized carbons (Fsp3) is 0.438. The summed E-state index contributed by atoms with van der Waals surface area (Å²) in [5, 5.41) is 3.85. The fourth-order valence-corrected chi connectivity index (χ4v) is 2.49. The summed E-state index contributed by atoms with van der Waals surface area (Å²) >= 11 is 0. The van der Waals surface area contributed by atoms with Gasteiger partial charge in [-0.2, -0.15) is 0 Å². The highest BCUT2D eigenvalue weighted by Gasteiger charge is 2.12. The lowest BCUT2D eigenvalue weighted by atomic mass is 10.1. The van der Waals surface area contributed by atoms with Gasteiger partial charge in [-0.15, -0.1) is 0 Å². The predicted octanol–water partition coefficient (Wildman–Crippen LogP) is 2.21. The van der Waals surface area contributed by atoms with Gasteiger partial charge in [-0.3, -0.25) is 4.79 Å². The molecule has 5 heteroatoms. The zero-order valence-electron chi connectivity index (χ0n) is 12.8. The Morgan fingerprint density at radius 3 is 2.86 bits per heavy atom. The quantitative estimate of drug-likeness (QED) is 0.684. The number of anilines is 1. The molecule has 0 aliphatic heterocycles. The normalized spacial score (nSPS) is 11.2. The second-order valence-corrected chi connectivity index (χ2v) is 5.20. The molecular formula is C16H24N4O. The molecular weight excluding hydrogens is 264 g/mol. The Hall–Kier alpha value is -2.01. The van der Waals surface area contributed by atoms with Crippen LogP contribution in [0.4, 0.5) is 5.69 Å². The highest BCUT2D eigenvalue weighted by molar-refractivity contribution is 6.07. The van der Waals surface area contributed by atoms with E-state index < -0.39 is 0 Å². The summed E-state index contributed by atoms with van der Waals surface area (Å²) in [7, 11) is 0. The van der Waals surface area contributed by atoms with E-state index in [9.17, 15) is 4.79 Å². The van der Waals surface area contributed by atoms with Crippen molar-refractivity contribution in [1.29, 1.82) is 0 Å². The largest absolute Gasteiger partial charge is 0.399 e. The van der Waals surface area contributed by atoms with Gasteiger partial charge in [0, 0.05) is 35.9 Å². The van der Waals surface area contributed by atoms with Gasteiger partial charge in [0.2, 0.25) is 0 Å². The van der Waals surface area contributed by atoms with Crippen molar-refractivity contribution in [2.24, 2.45) is 0 Å². The molecule has 0 spiro atoms. The van der Waals surface area contributed by atoms with E-state index in [4.69, 9.17) is 5.73 Å². The van der Waals surface area contributed by atoms with Gasteiger partial charge in [-0.25, -0.2) is 0 Å². The molecule has 0 radical (unpaired) electrons. The van der Waals surface area contributed by atoms with Gasteiger partial charge in [-0.1, -0.05) is 13.8 Å². The molecule has 0 fully saturated rings. The molecule has 0 atom stereocenters. The number of nitrogen functional groups attached to an aromatic ring is 1. The molecule has 1 aromatic carbocycles. The molecule has 1 amide bonds. The first kappa shape index (κ1) is 15.4. The minimum absolute atomic E-state index is 0.0561. The molecule has 1 heterocycles. The van der Waals surface area contributed by atoms with Gasteiger partial charge in [0.15, 0.2) is 0 Å². The number of amides is 1. The van der Waals surface area contributed by atoms with Crippen LogP contribution < -0.4 is 11.1 Å². The van der Waals surface area contributed by atoms with E-state index in [0.29, 0.717) is 17.8 Å². The van der Waals surface area contributed by atoms with Crippen LogP contribution in [0.15, 0.2) is 24.4 Å². The molecule has 21 heavy (non-hydrogen) atoms. The molecule has 0 bridgehead atoms. The van der Waals surface area contributed by atoms with Crippen LogP contribution in [0.5, 0.6) is 0 Å². The van der Waals surface area contributed by atoms with E-state index in [1.807, 2.05) is 18.2 Å². The molecule has 5 nitrogen and oxygen atoms in total. The smallest absolute Gasteiger partial charge is 0.253 e. The van der Waals surface area contributed by atoms with Crippen LogP contribution in [-0.4, -0.2) is 42.0 Å². The fourth-order valence-electron chi connectivity index (χ4n) is 2.49. The Labute approximate surface area is 125 Å². The lowest BCUT2D eigenvalue weighted by Crippen LogP contribution is -2.35. The van der Waals surface area contributed by atoms with Gasteiger partial charge in [-0.05, 0) is 37.7 Å². The highest BCUT2D eigenvalue weighted by atomic mass is 16.1. The Morgan fingerprint density at radius 1 is 1.33 bits per heavy atom. The summed E-state index contributed by atoms with van der Waals surface area (Å²) in [6, 6.07) is 5.54. The van der Waals surface area contributed by atoms with Crippen LogP contribution in [0.25, 0.3) is 10.9 Å². The Balaban J connectivity index is 1.97. The molecule has 4 N–H and O–H groups in total. The molecule has 0 aliphatic carbocycles. The summed E-state index contributed by atoms with van der Waals surface area (Å²) in [6.07, 6.45) is 2.87. The number of nitrogens with zero attached hydrogens (tertiary/aromatic N) is 1. The van der Waals surface area contributed by atoms with Crippen LogP contribution in [0.2, 0.25) is 0 Å². The van der Waals surface area contributed by atoms with Crippen LogP contribution in [-0.2, 0) is 0 Å². The summed E-state index contributed by atoms with van der Waals surface area (Å²) < 4.78 is 0. The molecule has 0 saturated carbocycles. The molecule has 0 saturated heterocycles. The number of hydrogen-bond donors (Lipinski definition) is 3. The molecule has 0 unspecified atom stereocenters. The Kier molecular flexibility index (Phi) is 5.22. The van der Waals surface area contributed by atoms with Crippen molar-refractivity contribution >= 4 is 22.5 Å². The van der Waals surface area contributed by atoms with Crippen molar-refractivity contribution in [3.63, 3.8) is 0 Å². The molecule has 114 valence electrons. The second-order valence-electron chi connectivity index (χ2n) is 5.20. The van der Waals surface area contributed by atoms with Crippen LogP contribution in [0, 0.1) is 0 Å². The summed E-state index contributed by atoms with van der Waals surface area (Å²) in [6.45, 7) is 7.91. The molecule has 2 aromatic rings. The number of benzene rings is 1. The number of nitrogens with one attached hydrogen (secondary N) is 2. The second kappa shape index (κ2) is 7.13. The zero-order chi connectivity index (χ0) is 15.2. The SMILES string of the molecule is CCCN(CC)CCNC(=O)c1c[nH]c2ccc(N)cc12. The van der Waals surface area contributed by atoms with Crippen molar-refractivity contribution in [3.8, 4) is 0 Å². The van der Waals surface area contributed by atoms with Gasteiger partial charge in [0.05, 0.1) is 5.56 Å².